The zero-order chi connectivity index (χ0) is 15.1. The Labute approximate surface area is 121 Å². The number of Topliss-reactive ketones (excluding diaryl/α,β-unsaturated/α-hetero) is 2. The fourth-order valence-electron chi connectivity index (χ4n) is 3.67. The minimum Gasteiger partial charge on any atom is -0.299 e. The fraction of sp³-hybridized carbons (Fsp3) is 0.556. The molecule has 108 valence electrons. The summed E-state index contributed by atoms with van der Waals surface area (Å²) in [4.78, 5) is 25.4. The SMILES string of the molecule is CC1C(=O)C(C)(C(C)C(=O)c2ccccc2)C(C)C1C. The van der Waals surface area contributed by atoms with Crippen molar-refractivity contribution in [2.45, 2.75) is 34.6 Å². The number of benzene rings is 1. The maximum atomic E-state index is 12.7. The molecule has 2 rings (SSSR count). The Bertz CT molecular complexity index is 519. The van der Waals surface area contributed by atoms with E-state index in [-0.39, 0.29) is 29.3 Å². The predicted octanol–water partition coefficient (Wildman–Crippen LogP) is 4.00. The Morgan fingerprint density at radius 2 is 1.70 bits per heavy atom. The predicted molar refractivity (Wildman–Crippen MR) is 80.5 cm³/mol. The summed E-state index contributed by atoms with van der Waals surface area (Å²) >= 11 is 0. The number of hydrogen-bond acceptors (Lipinski definition) is 2. The minimum absolute atomic E-state index is 0.0426. The van der Waals surface area contributed by atoms with Crippen molar-refractivity contribution in [2.75, 3.05) is 0 Å². The second kappa shape index (κ2) is 5.16. The average Bonchev–Trinajstić information content (AvgIpc) is 2.63. The summed E-state index contributed by atoms with van der Waals surface area (Å²) in [5.74, 6) is 0.649. The summed E-state index contributed by atoms with van der Waals surface area (Å²) in [6.45, 7) is 10.1. The summed E-state index contributed by atoms with van der Waals surface area (Å²) in [6.07, 6.45) is 0. The quantitative estimate of drug-likeness (QED) is 0.779. The Kier molecular flexibility index (Phi) is 3.86. The first-order valence-electron chi connectivity index (χ1n) is 7.45. The number of carbonyl (C=O) groups is 2. The maximum absolute atomic E-state index is 12.7. The second-order valence-corrected chi connectivity index (χ2v) is 6.54. The molecule has 1 aliphatic carbocycles. The van der Waals surface area contributed by atoms with Crippen LogP contribution in [0.2, 0.25) is 0 Å². The van der Waals surface area contributed by atoms with Gasteiger partial charge in [-0.3, -0.25) is 9.59 Å². The summed E-state index contributed by atoms with van der Waals surface area (Å²) in [6, 6.07) is 9.30. The Morgan fingerprint density at radius 1 is 1.15 bits per heavy atom. The van der Waals surface area contributed by atoms with Gasteiger partial charge in [0.2, 0.25) is 0 Å². The summed E-state index contributed by atoms with van der Waals surface area (Å²) in [7, 11) is 0. The molecule has 0 radical (unpaired) electrons. The van der Waals surface area contributed by atoms with Crippen LogP contribution in [0.5, 0.6) is 0 Å². The lowest BCUT2D eigenvalue weighted by atomic mass is 9.67. The van der Waals surface area contributed by atoms with Gasteiger partial charge < -0.3 is 0 Å². The largest absolute Gasteiger partial charge is 0.299 e. The van der Waals surface area contributed by atoms with Gasteiger partial charge in [0.15, 0.2) is 5.78 Å². The lowest BCUT2D eigenvalue weighted by Gasteiger charge is -2.34. The van der Waals surface area contributed by atoms with Gasteiger partial charge in [0.25, 0.3) is 0 Å². The highest BCUT2D eigenvalue weighted by Crippen LogP contribution is 2.51. The molecular formula is C18H24O2. The van der Waals surface area contributed by atoms with Crippen LogP contribution >= 0.6 is 0 Å². The molecule has 2 nitrogen and oxygen atoms in total. The number of rotatable bonds is 3. The van der Waals surface area contributed by atoms with E-state index in [2.05, 4.69) is 13.8 Å². The summed E-state index contributed by atoms with van der Waals surface area (Å²) < 4.78 is 0. The zero-order valence-electron chi connectivity index (χ0n) is 13.0. The first kappa shape index (κ1) is 15.0. The molecule has 0 saturated heterocycles. The molecule has 5 unspecified atom stereocenters. The van der Waals surface area contributed by atoms with Crippen LogP contribution < -0.4 is 0 Å². The number of hydrogen-bond donors (Lipinski definition) is 0. The third kappa shape index (κ3) is 2.02. The smallest absolute Gasteiger partial charge is 0.166 e. The van der Waals surface area contributed by atoms with E-state index in [1.54, 1.807) is 0 Å². The highest BCUT2D eigenvalue weighted by Gasteiger charge is 2.56. The minimum atomic E-state index is -0.550. The van der Waals surface area contributed by atoms with Gasteiger partial charge >= 0.3 is 0 Å². The van der Waals surface area contributed by atoms with Crippen molar-refractivity contribution in [3.05, 3.63) is 35.9 Å². The fourth-order valence-corrected chi connectivity index (χ4v) is 3.67. The van der Waals surface area contributed by atoms with Crippen molar-refractivity contribution in [1.29, 1.82) is 0 Å². The standard InChI is InChI=1S/C18H24O2/c1-11-12(2)17(20)18(5,13(11)3)14(4)16(19)15-9-7-6-8-10-15/h6-14H,1-5H3. The first-order valence-corrected chi connectivity index (χ1v) is 7.45. The van der Waals surface area contributed by atoms with Crippen LogP contribution in [0.1, 0.15) is 45.0 Å². The molecule has 0 aromatic heterocycles. The van der Waals surface area contributed by atoms with Gasteiger partial charge in [-0.2, -0.15) is 0 Å². The molecule has 0 amide bonds. The molecule has 0 heterocycles. The van der Waals surface area contributed by atoms with E-state index in [4.69, 9.17) is 0 Å². The van der Waals surface area contributed by atoms with E-state index >= 15 is 0 Å². The van der Waals surface area contributed by atoms with Gasteiger partial charge in [-0.15, -0.1) is 0 Å². The molecule has 2 heteroatoms. The molecule has 1 aromatic carbocycles. The lowest BCUT2D eigenvalue weighted by molar-refractivity contribution is -0.130. The lowest BCUT2D eigenvalue weighted by Crippen LogP contribution is -2.40. The van der Waals surface area contributed by atoms with E-state index in [1.807, 2.05) is 51.1 Å². The molecule has 5 atom stereocenters. The second-order valence-electron chi connectivity index (χ2n) is 6.54. The van der Waals surface area contributed by atoms with Crippen LogP contribution in [-0.4, -0.2) is 11.6 Å². The first-order chi connectivity index (χ1) is 9.31. The van der Waals surface area contributed by atoms with Crippen molar-refractivity contribution >= 4 is 11.6 Å². The Hall–Kier alpha value is -1.44. The van der Waals surface area contributed by atoms with Crippen LogP contribution in [0.3, 0.4) is 0 Å². The third-order valence-corrected chi connectivity index (χ3v) is 5.82. The normalized spacial score (nSPS) is 35.0. The van der Waals surface area contributed by atoms with Crippen LogP contribution in [0.4, 0.5) is 0 Å². The third-order valence-electron chi connectivity index (χ3n) is 5.82. The molecule has 0 bridgehead atoms. The summed E-state index contributed by atoms with van der Waals surface area (Å²) in [5, 5.41) is 0. The van der Waals surface area contributed by atoms with Crippen molar-refractivity contribution in [3.8, 4) is 0 Å². The zero-order valence-corrected chi connectivity index (χ0v) is 13.0. The van der Waals surface area contributed by atoms with E-state index in [0.717, 1.165) is 0 Å². The monoisotopic (exact) mass is 272 g/mol. The molecule has 1 aromatic rings. The van der Waals surface area contributed by atoms with Gasteiger partial charge in [0.05, 0.1) is 0 Å². The van der Waals surface area contributed by atoms with Crippen LogP contribution in [0, 0.1) is 29.1 Å². The van der Waals surface area contributed by atoms with Crippen LogP contribution in [0.15, 0.2) is 30.3 Å². The van der Waals surface area contributed by atoms with Gasteiger partial charge in [0, 0.05) is 22.8 Å². The van der Waals surface area contributed by atoms with Gasteiger partial charge in [-0.25, -0.2) is 0 Å². The molecule has 1 fully saturated rings. The van der Waals surface area contributed by atoms with Gasteiger partial charge in [0.1, 0.15) is 5.78 Å². The van der Waals surface area contributed by atoms with Crippen molar-refractivity contribution in [3.63, 3.8) is 0 Å². The van der Waals surface area contributed by atoms with E-state index < -0.39 is 5.41 Å². The van der Waals surface area contributed by atoms with E-state index in [1.165, 1.54) is 0 Å². The van der Waals surface area contributed by atoms with Crippen LogP contribution in [0.25, 0.3) is 0 Å². The maximum Gasteiger partial charge on any atom is 0.166 e. The summed E-state index contributed by atoms with van der Waals surface area (Å²) in [5.41, 5.74) is 0.152. The van der Waals surface area contributed by atoms with Gasteiger partial charge in [-0.1, -0.05) is 65.0 Å². The number of carbonyl (C=O) groups excluding carboxylic acids is 2. The van der Waals surface area contributed by atoms with Crippen molar-refractivity contribution < 1.29 is 9.59 Å². The van der Waals surface area contributed by atoms with Gasteiger partial charge in [-0.05, 0) is 11.8 Å². The van der Waals surface area contributed by atoms with Crippen molar-refractivity contribution in [2.24, 2.45) is 29.1 Å². The molecular weight excluding hydrogens is 248 g/mol. The molecule has 0 N–H and O–H groups in total. The Morgan fingerprint density at radius 3 is 2.15 bits per heavy atom. The molecule has 20 heavy (non-hydrogen) atoms. The van der Waals surface area contributed by atoms with E-state index in [9.17, 15) is 9.59 Å². The highest BCUT2D eigenvalue weighted by atomic mass is 16.1. The average molecular weight is 272 g/mol. The molecule has 1 saturated carbocycles. The highest BCUT2D eigenvalue weighted by molar-refractivity contribution is 6.02. The van der Waals surface area contributed by atoms with Crippen LogP contribution in [-0.2, 0) is 4.79 Å². The van der Waals surface area contributed by atoms with Crippen molar-refractivity contribution in [1.82, 2.24) is 0 Å². The Balaban J connectivity index is 2.35. The molecule has 1 aliphatic rings. The topological polar surface area (TPSA) is 34.1 Å². The molecule has 0 spiro atoms. The molecule has 0 aliphatic heterocycles. The van der Waals surface area contributed by atoms with E-state index in [0.29, 0.717) is 11.5 Å². The number of ketones is 2.